The lowest BCUT2D eigenvalue weighted by Crippen LogP contribution is -2.53. The van der Waals surface area contributed by atoms with Gasteiger partial charge in [0, 0.05) is 48.9 Å². The SMILES string of the molecule is COc1ccccc1-c1ccc(=O)n(C2CN(C(=O)c3cn(C)c4ccccc34)C2)n1. The first kappa shape index (κ1) is 19.1. The summed E-state index contributed by atoms with van der Waals surface area (Å²) in [5.74, 6) is 0.670. The number of hydrogen-bond acceptors (Lipinski definition) is 4. The molecule has 0 N–H and O–H groups in total. The van der Waals surface area contributed by atoms with Gasteiger partial charge >= 0.3 is 0 Å². The number of hydrogen-bond donors (Lipinski definition) is 0. The second-order valence-electron chi connectivity index (χ2n) is 7.74. The van der Waals surface area contributed by atoms with Gasteiger partial charge in [-0.3, -0.25) is 9.59 Å². The lowest BCUT2D eigenvalue weighted by atomic mass is 10.1. The molecule has 0 atom stereocenters. The molecule has 156 valence electrons. The molecule has 3 heterocycles. The van der Waals surface area contributed by atoms with Gasteiger partial charge in [0.05, 0.1) is 24.4 Å². The number of ether oxygens (including phenoxy) is 1. The van der Waals surface area contributed by atoms with E-state index >= 15 is 0 Å². The van der Waals surface area contributed by atoms with Crippen LogP contribution in [0.25, 0.3) is 22.2 Å². The standard InChI is InChI=1S/C24H22N4O3/c1-26-15-19(17-7-3-5-9-21(17)26)24(30)27-13-16(14-27)28-23(29)12-11-20(25-28)18-8-4-6-10-22(18)31-2/h3-12,15-16H,13-14H2,1-2H3. The molecular formula is C24H22N4O3. The van der Waals surface area contributed by atoms with Crippen LogP contribution in [0.3, 0.4) is 0 Å². The molecule has 1 saturated heterocycles. The van der Waals surface area contributed by atoms with Crippen molar-refractivity contribution in [1.29, 1.82) is 0 Å². The maximum atomic E-state index is 13.1. The molecule has 1 aliphatic rings. The Kier molecular flexibility index (Phi) is 4.58. The summed E-state index contributed by atoms with van der Waals surface area (Å²) in [4.78, 5) is 27.3. The van der Waals surface area contributed by atoms with Crippen molar-refractivity contribution in [3.8, 4) is 17.0 Å². The zero-order valence-corrected chi connectivity index (χ0v) is 17.4. The molecule has 2 aromatic carbocycles. The molecule has 0 unspecified atom stereocenters. The number of likely N-dealkylation sites (tertiary alicyclic amines) is 1. The Hall–Kier alpha value is -3.87. The topological polar surface area (TPSA) is 69.4 Å². The zero-order valence-electron chi connectivity index (χ0n) is 17.4. The molecule has 2 aromatic heterocycles. The van der Waals surface area contributed by atoms with E-state index in [1.165, 1.54) is 10.7 Å². The first-order valence-electron chi connectivity index (χ1n) is 10.1. The van der Waals surface area contributed by atoms with Crippen LogP contribution in [0.2, 0.25) is 0 Å². The predicted molar refractivity (Wildman–Crippen MR) is 118 cm³/mol. The fraction of sp³-hybridized carbons (Fsp3) is 0.208. The van der Waals surface area contributed by atoms with Gasteiger partial charge < -0.3 is 14.2 Å². The molecular weight excluding hydrogens is 392 g/mol. The monoisotopic (exact) mass is 414 g/mol. The summed E-state index contributed by atoms with van der Waals surface area (Å²) < 4.78 is 8.86. The second-order valence-corrected chi connectivity index (χ2v) is 7.74. The van der Waals surface area contributed by atoms with E-state index in [0.717, 1.165) is 16.5 Å². The number of methoxy groups -OCH3 is 1. The average Bonchev–Trinajstić information content (AvgIpc) is 3.11. The predicted octanol–water partition coefficient (Wildman–Crippen LogP) is 3.11. The highest BCUT2D eigenvalue weighted by Crippen LogP contribution is 2.29. The largest absolute Gasteiger partial charge is 0.496 e. The molecule has 1 fully saturated rings. The lowest BCUT2D eigenvalue weighted by molar-refractivity contribution is 0.0495. The van der Waals surface area contributed by atoms with Crippen LogP contribution in [0, 0.1) is 0 Å². The van der Waals surface area contributed by atoms with Gasteiger partial charge in [0.2, 0.25) is 0 Å². The van der Waals surface area contributed by atoms with Crippen molar-refractivity contribution in [2.75, 3.05) is 20.2 Å². The quantitative estimate of drug-likeness (QED) is 0.515. The Morgan fingerprint density at radius 2 is 1.77 bits per heavy atom. The highest BCUT2D eigenvalue weighted by Gasteiger charge is 2.35. The molecule has 0 radical (unpaired) electrons. The van der Waals surface area contributed by atoms with Crippen LogP contribution in [0.1, 0.15) is 16.4 Å². The van der Waals surface area contributed by atoms with Crippen LogP contribution in [-0.4, -0.2) is 45.4 Å². The van der Waals surface area contributed by atoms with Crippen LogP contribution in [-0.2, 0) is 7.05 Å². The van der Waals surface area contributed by atoms with Crippen LogP contribution in [0.15, 0.2) is 71.7 Å². The van der Waals surface area contributed by atoms with Gasteiger partial charge in [0.1, 0.15) is 5.75 Å². The molecule has 4 aromatic rings. The number of carbonyl (C=O) groups excluding carboxylic acids is 1. The summed E-state index contributed by atoms with van der Waals surface area (Å²) in [6.45, 7) is 0.897. The molecule has 7 nitrogen and oxygen atoms in total. The first-order valence-corrected chi connectivity index (χ1v) is 10.1. The summed E-state index contributed by atoms with van der Waals surface area (Å²) in [6, 6.07) is 18.5. The van der Waals surface area contributed by atoms with Crippen LogP contribution >= 0.6 is 0 Å². The highest BCUT2D eigenvalue weighted by atomic mass is 16.5. The summed E-state index contributed by atoms with van der Waals surface area (Å²) in [5.41, 5.74) is 3.00. The van der Waals surface area contributed by atoms with Crippen molar-refractivity contribution in [1.82, 2.24) is 19.2 Å². The van der Waals surface area contributed by atoms with Crippen molar-refractivity contribution in [2.24, 2.45) is 7.05 Å². The second kappa shape index (κ2) is 7.43. The number of rotatable bonds is 4. The number of nitrogens with zero attached hydrogens (tertiary/aromatic N) is 4. The maximum absolute atomic E-state index is 13.1. The number of amides is 1. The van der Waals surface area contributed by atoms with Gasteiger partial charge in [-0.15, -0.1) is 0 Å². The van der Waals surface area contributed by atoms with Crippen molar-refractivity contribution < 1.29 is 9.53 Å². The fourth-order valence-electron chi connectivity index (χ4n) is 4.15. The van der Waals surface area contributed by atoms with Gasteiger partial charge in [-0.1, -0.05) is 30.3 Å². The molecule has 0 bridgehead atoms. The van der Waals surface area contributed by atoms with Gasteiger partial charge in [-0.2, -0.15) is 5.10 Å². The Bertz CT molecular complexity index is 1350. The molecule has 0 aliphatic carbocycles. The van der Waals surface area contributed by atoms with E-state index in [1.54, 1.807) is 18.1 Å². The number of para-hydroxylation sites is 2. The van der Waals surface area contributed by atoms with E-state index in [1.807, 2.05) is 66.3 Å². The number of aryl methyl sites for hydroxylation is 1. The van der Waals surface area contributed by atoms with Crippen molar-refractivity contribution in [3.63, 3.8) is 0 Å². The highest BCUT2D eigenvalue weighted by molar-refractivity contribution is 6.07. The van der Waals surface area contributed by atoms with E-state index in [0.29, 0.717) is 30.1 Å². The molecule has 1 aliphatic heterocycles. The molecule has 0 spiro atoms. The molecule has 31 heavy (non-hydrogen) atoms. The molecule has 7 heteroatoms. The third-order valence-electron chi connectivity index (χ3n) is 5.83. The average molecular weight is 414 g/mol. The van der Waals surface area contributed by atoms with Crippen LogP contribution in [0.5, 0.6) is 5.75 Å². The normalized spacial score (nSPS) is 13.9. The smallest absolute Gasteiger partial charge is 0.267 e. The minimum Gasteiger partial charge on any atom is -0.496 e. The Balaban J connectivity index is 1.39. The third kappa shape index (κ3) is 3.18. The Morgan fingerprint density at radius 3 is 2.58 bits per heavy atom. The first-order chi connectivity index (χ1) is 15.1. The van der Waals surface area contributed by atoms with Gasteiger partial charge in [-0.05, 0) is 24.3 Å². The van der Waals surface area contributed by atoms with Crippen molar-refractivity contribution >= 4 is 16.8 Å². The van der Waals surface area contributed by atoms with Crippen LogP contribution in [0.4, 0.5) is 0 Å². The van der Waals surface area contributed by atoms with E-state index in [9.17, 15) is 9.59 Å². The fourth-order valence-corrected chi connectivity index (χ4v) is 4.15. The maximum Gasteiger partial charge on any atom is 0.267 e. The Labute approximate surface area is 179 Å². The molecule has 0 saturated carbocycles. The molecule has 5 rings (SSSR count). The zero-order chi connectivity index (χ0) is 21.5. The number of benzene rings is 2. The third-order valence-corrected chi connectivity index (χ3v) is 5.83. The minimum atomic E-state index is -0.180. The van der Waals surface area contributed by atoms with Crippen molar-refractivity contribution in [2.45, 2.75) is 6.04 Å². The minimum absolute atomic E-state index is 0.0259. The van der Waals surface area contributed by atoms with Gasteiger partial charge in [0.25, 0.3) is 11.5 Å². The summed E-state index contributed by atoms with van der Waals surface area (Å²) in [7, 11) is 3.54. The number of carbonyl (C=O) groups is 1. The summed E-state index contributed by atoms with van der Waals surface area (Å²) in [5, 5.41) is 5.51. The van der Waals surface area contributed by atoms with Gasteiger partial charge in [0.15, 0.2) is 0 Å². The van der Waals surface area contributed by atoms with E-state index in [4.69, 9.17) is 4.74 Å². The lowest BCUT2D eigenvalue weighted by Gasteiger charge is -2.39. The Morgan fingerprint density at radius 1 is 1.03 bits per heavy atom. The number of aromatic nitrogens is 3. The summed E-state index contributed by atoms with van der Waals surface area (Å²) >= 11 is 0. The van der Waals surface area contributed by atoms with Crippen LogP contribution < -0.4 is 10.3 Å². The molecule has 1 amide bonds. The van der Waals surface area contributed by atoms with Crippen molar-refractivity contribution in [3.05, 3.63) is 82.8 Å². The van der Waals surface area contributed by atoms with E-state index < -0.39 is 0 Å². The van der Waals surface area contributed by atoms with E-state index in [2.05, 4.69) is 5.10 Å². The van der Waals surface area contributed by atoms with Gasteiger partial charge in [-0.25, -0.2) is 4.68 Å². The van der Waals surface area contributed by atoms with E-state index in [-0.39, 0.29) is 17.5 Å². The summed E-state index contributed by atoms with van der Waals surface area (Å²) in [6.07, 6.45) is 1.87. The number of fused-ring (bicyclic) bond motifs is 1.